The molecule has 1 fully saturated rings. The Morgan fingerprint density at radius 2 is 2.26 bits per heavy atom. The lowest BCUT2D eigenvalue weighted by Crippen LogP contribution is -2.42. The number of carbonyl (C=O) groups excluding carboxylic acids is 1. The summed E-state index contributed by atoms with van der Waals surface area (Å²) in [6, 6.07) is 3.60. The number of halogens is 1. The maximum absolute atomic E-state index is 11.3. The summed E-state index contributed by atoms with van der Waals surface area (Å²) < 4.78 is 1.80. The molecule has 2 N–H and O–H groups in total. The molecule has 0 bridgehead atoms. The van der Waals surface area contributed by atoms with Crippen LogP contribution in [0, 0.1) is 5.92 Å². The van der Waals surface area contributed by atoms with Crippen molar-refractivity contribution in [3.05, 3.63) is 29.7 Å². The van der Waals surface area contributed by atoms with Crippen molar-refractivity contribution in [2.45, 2.75) is 19.4 Å². The molecule has 0 aromatic carbocycles. The average Bonchev–Trinajstić information content (AvgIpc) is 3.03. The van der Waals surface area contributed by atoms with E-state index in [2.05, 4.69) is 20.2 Å². The standard InChI is InChI=1S/C15H19ClN6O/c16-14-4-3-11(8-18-14)13-10-22(20-19-13)7-6-21-5-1-2-12(9-21)15(17)23/h3-4,8,10,12H,1-2,5-7,9H2,(H2,17,23)/t12-/m1/s1. The van der Waals surface area contributed by atoms with Gasteiger partial charge in [-0.1, -0.05) is 16.8 Å². The lowest BCUT2D eigenvalue weighted by molar-refractivity contribution is -0.123. The Balaban J connectivity index is 1.57. The number of nitrogens with two attached hydrogens (primary N) is 1. The van der Waals surface area contributed by atoms with Crippen molar-refractivity contribution in [3.63, 3.8) is 0 Å². The summed E-state index contributed by atoms with van der Waals surface area (Å²) in [5, 5.41) is 8.76. The number of primary amides is 1. The first-order valence-electron chi connectivity index (χ1n) is 7.65. The van der Waals surface area contributed by atoms with Crippen molar-refractivity contribution < 1.29 is 4.79 Å². The second-order valence-electron chi connectivity index (χ2n) is 5.78. The second-order valence-corrected chi connectivity index (χ2v) is 6.17. The molecule has 0 spiro atoms. The predicted molar refractivity (Wildman–Crippen MR) is 86.6 cm³/mol. The van der Waals surface area contributed by atoms with Crippen LogP contribution in [0.2, 0.25) is 5.15 Å². The van der Waals surface area contributed by atoms with Gasteiger partial charge in [0.05, 0.1) is 18.7 Å². The highest BCUT2D eigenvalue weighted by Gasteiger charge is 2.23. The van der Waals surface area contributed by atoms with Crippen LogP contribution in [-0.2, 0) is 11.3 Å². The summed E-state index contributed by atoms with van der Waals surface area (Å²) in [5.74, 6) is -0.233. The molecule has 1 amide bonds. The first kappa shape index (κ1) is 15.9. The monoisotopic (exact) mass is 334 g/mol. The quantitative estimate of drug-likeness (QED) is 0.829. The van der Waals surface area contributed by atoms with E-state index in [4.69, 9.17) is 17.3 Å². The number of aromatic nitrogens is 4. The van der Waals surface area contributed by atoms with Gasteiger partial charge in [-0.3, -0.25) is 9.48 Å². The van der Waals surface area contributed by atoms with Gasteiger partial charge >= 0.3 is 0 Å². The summed E-state index contributed by atoms with van der Waals surface area (Å²) >= 11 is 5.78. The van der Waals surface area contributed by atoms with Crippen molar-refractivity contribution in [2.24, 2.45) is 11.7 Å². The van der Waals surface area contributed by atoms with Gasteiger partial charge in [0, 0.05) is 24.8 Å². The van der Waals surface area contributed by atoms with Gasteiger partial charge < -0.3 is 10.6 Å². The van der Waals surface area contributed by atoms with Crippen LogP contribution in [0.4, 0.5) is 0 Å². The van der Waals surface area contributed by atoms with Gasteiger partial charge in [-0.15, -0.1) is 5.10 Å². The van der Waals surface area contributed by atoms with E-state index in [0.29, 0.717) is 5.15 Å². The van der Waals surface area contributed by atoms with Gasteiger partial charge in [-0.05, 0) is 31.5 Å². The Hall–Kier alpha value is -1.99. The van der Waals surface area contributed by atoms with Gasteiger partial charge in [-0.2, -0.15) is 0 Å². The number of carbonyl (C=O) groups is 1. The Bertz CT molecular complexity index is 671. The van der Waals surface area contributed by atoms with E-state index in [1.807, 2.05) is 12.3 Å². The van der Waals surface area contributed by atoms with Crippen LogP contribution in [0.1, 0.15) is 12.8 Å². The fourth-order valence-corrected chi connectivity index (χ4v) is 2.91. The van der Waals surface area contributed by atoms with Gasteiger partial charge in [0.2, 0.25) is 5.91 Å². The minimum Gasteiger partial charge on any atom is -0.369 e. The summed E-state index contributed by atoms with van der Waals surface area (Å²) in [5.41, 5.74) is 7.05. The molecule has 1 aliphatic rings. The molecule has 2 aromatic heterocycles. The lowest BCUT2D eigenvalue weighted by atomic mass is 9.97. The first-order chi connectivity index (χ1) is 11.1. The highest BCUT2D eigenvalue weighted by Crippen LogP contribution is 2.18. The van der Waals surface area contributed by atoms with Crippen LogP contribution in [0.5, 0.6) is 0 Å². The van der Waals surface area contributed by atoms with Crippen LogP contribution >= 0.6 is 11.6 Å². The summed E-state index contributed by atoms with van der Waals surface area (Å²) in [4.78, 5) is 17.6. The molecule has 0 unspecified atom stereocenters. The average molecular weight is 335 g/mol. The van der Waals surface area contributed by atoms with Crippen molar-refractivity contribution in [2.75, 3.05) is 19.6 Å². The van der Waals surface area contributed by atoms with Crippen molar-refractivity contribution in [3.8, 4) is 11.3 Å². The Morgan fingerprint density at radius 1 is 1.39 bits per heavy atom. The number of hydrogen-bond acceptors (Lipinski definition) is 5. The molecular formula is C15H19ClN6O. The van der Waals surface area contributed by atoms with Crippen molar-refractivity contribution >= 4 is 17.5 Å². The minimum atomic E-state index is -0.201. The van der Waals surface area contributed by atoms with E-state index < -0.39 is 0 Å². The SMILES string of the molecule is NC(=O)[C@@H]1CCCN(CCn2cc(-c3ccc(Cl)nc3)nn2)C1. The highest BCUT2D eigenvalue weighted by molar-refractivity contribution is 6.29. The summed E-state index contributed by atoms with van der Waals surface area (Å²) in [7, 11) is 0. The van der Waals surface area contributed by atoms with Crippen LogP contribution in [-0.4, -0.2) is 50.4 Å². The number of amides is 1. The van der Waals surface area contributed by atoms with Crippen molar-refractivity contribution in [1.82, 2.24) is 24.9 Å². The number of nitrogens with zero attached hydrogens (tertiary/aromatic N) is 5. The van der Waals surface area contributed by atoms with E-state index >= 15 is 0 Å². The van der Waals surface area contributed by atoms with E-state index in [-0.39, 0.29) is 11.8 Å². The van der Waals surface area contributed by atoms with Crippen LogP contribution in [0.25, 0.3) is 11.3 Å². The molecule has 1 atom stereocenters. The molecule has 3 rings (SSSR count). The van der Waals surface area contributed by atoms with Gasteiger partial charge in [0.1, 0.15) is 10.8 Å². The first-order valence-corrected chi connectivity index (χ1v) is 8.03. The molecule has 0 radical (unpaired) electrons. The fraction of sp³-hybridized carbons (Fsp3) is 0.467. The molecule has 3 heterocycles. The molecular weight excluding hydrogens is 316 g/mol. The number of rotatable bonds is 5. The molecule has 7 nitrogen and oxygen atoms in total. The molecule has 1 aliphatic heterocycles. The smallest absolute Gasteiger partial charge is 0.221 e. The van der Waals surface area contributed by atoms with E-state index in [0.717, 1.165) is 50.3 Å². The fourth-order valence-electron chi connectivity index (χ4n) is 2.80. The third-order valence-corrected chi connectivity index (χ3v) is 4.34. The number of piperidine rings is 1. The van der Waals surface area contributed by atoms with Gasteiger partial charge in [0.25, 0.3) is 0 Å². The topological polar surface area (TPSA) is 89.9 Å². The Labute approximate surface area is 139 Å². The molecule has 1 saturated heterocycles. The zero-order valence-corrected chi connectivity index (χ0v) is 13.5. The normalized spacial score (nSPS) is 18.9. The lowest BCUT2D eigenvalue weighted by Gasteiger charge is -2.30. The van der Waals surface area contributed by atoms with Gasteiger partial charge in [-0.25, -0.2) is 4.98 Å². The molecule has 0 aliphatic carbocycles. The summed E-state index contributed by atoms with van der Waals surface area (Å²) in [6.07, 6.45) is 5.47. The Kier molecular flexibility index (Phi) is 4.88. The predicted octanol–water partition coefficient (Wildman–Crippen LogP) is 1.19. The number of likely N-dealkylation sites (tertiary alicyclic amines) is 1. The van der Waals surface area contributed by atoms with Crippen LogP contribution < -0.4 is 5.73 Å². The number of pyridine rings is 1. The maximum Gasteiger partial charge on any atom is 0.221 e. The third-order valence-electron chi connectivity index (χ3n) is 4.12. The van der Waals surface area contributed by atoms with Crippen molar-refractivity contribution in [1.29, 1.82) is 0 Å². The molecule has 2 aromatic rings. The zero-order chi connectivity index (χ0) is 16.2. The highest BCUT2D eigenvalue weighted by atomic mass is 35.5. The molecule has 8 heteroatoms. The van der Waals surface area contributed by atoms with Crippen LogP contribution in [0.3, 0.4) is 0 Å². The molecule has 122 valence electrons. The number of hydrogen-bond donors (Lipinski definition) is 1. The summed E-state index contributed by atoms with van der Waals surface area (Å²) in [6.45, 7) is 3.27. The van der Waals surface area contributed by atoms with Crippen LogP contribution in [0.15, 0.2) is 24.5 Å². The molecule has 0 saturated carbocycles. The zero-order valence-electron chi connectivity index (χ0n) is 12.7. The van der Waals surface area contributed by atoms with E-state index in [9.17, 15) is 4.79 Å². The third kappa shape index (κ3) is 4.05. The molecule has 23 heavy (non-hydrogen) atoms. The van der Waals surface area contributed by atoms with E-state index in [1.54, 1.807) is 16.9 Å². The second kappa shape index (κ2) is 7.06. The maximum atomic E-state index is 11.3. The van der Waals surface area contributed by atoms with E-state index in [1.165, 1.54) is 0 Å². The minimum absolute atomic E-state index is 0.0322. The Morgan fingerprint density at radius 3 is 3.00 bits per heavy atom. The largest absolute Gasteiger partial charge is 0.369 e. The van der Waals surface area contributed by atoms with Gasteiger partial charge in [0.15, 0.2) is 0 Å².